The lowest BCUT2D eigenvalue weighted by molar-refractivity contribution is -0.384. The first-order valence-corrected chi connectivity index (χ1v) is 8.09. The lowest BCUT2D eigenvalue weighted by Gasteiger charge is -2.37. The lowest BCUT2D eigenvalue weighted by Crippen LogP contribution is -2.29. The van der Waals surface area contributed by atoms with Crippen molar-refractivity contribution in [2.45, 2.75) is 18.4 Å². The number of nitro benzene ring substituents is 1. The quantitative estimate of drug-likeness (QED) is 0.462. The highest BCUT2D eigenvalue weighted by Crippen LogP contribution is 2.52. The van der Waals surface area contributed by atoms with Crippen molar-refractivity contribution < 1.29 is 9.31 Å². The summed E-state index contributed by atoms with van der Waals surface area (Å²) < 4.78 is 13.6. The Morgan fingerprint density at radius 3 is 2.88 bits per heavy atom. The minimum atomic E-state index is -0.432. The SMILES string of the molecule is O=[N+]([O-])c1cc(Cl)c2c(c1)[C@H]1C=CC[C@H]1[C@@H](c1cccc(F)c1)N2. The van der Waals surface area contributed by atoms with Gasteiger partial charge in [-0.3, -0.25) is 10.1 Å². The molecule has 3 atom stereocenters. The van der Waals surface area contributed by atoms with Gasteiger partial charge in [0.2, 0.25) is 0 Å². The second-order valence-electron chi connectivity index (χ2n) is 6.18. The molecule has 0 fully saturated rings. The fourth-order valence-electron chi connectivity index (χ4n) is 3.78. The smallest absolute Gasteiger partial charge is 0.271 e. The van der Waals surface area contributed by atoms with Crippen LogP contribution in [0.4, 0.5) is 15.8 Å². The molecule has 24 heavy (non-hydrogen) atoms. The van der Waals surface area contributed by atoms with Gasteiger partial charge in [-0.2, -0.15) is 0 Å². The summed E-state index contributed by atoms with van der Waals surface area (Å²) in [6.07, 6.45) is 4.97. The van der Waals surface area contributed by atoms with E-state index in [1.807, 2.05) is 6.07 Å². The number of nitro groups is 1. The fraction of sp³-hybridized carbons (Fsp3) is 0.222. The molecule has 1 heterocycles. The van der Waals surface area contributed by atoms with E-state index in [2.05, 4.69) is 17.5 Å². The number of allylic oxidation sites excluding steroid dienone is 2. The van der Waals surface area contributed by atoms with Crippen LogP contribution in [0, 0.1) is 21.8 Å². The Hall–Kier alpha value is -2.40. The first kappa shape index (κ1) is 15.1. The number of non-ortho nitro benzene ring substituents is 1. The van der Waals surface area contributed by atoms with Crippen LogP contribution in [0.1, 0.15) is 29.5 Å². The number of rotatable bonds is 2. The van der Waals surface area contributed by atoms with Crippen molar-refractivity contribution >= 4 is 23.0 Å². The Bertz CT molecular complexity index is 868. The number of fused-ring (bicyclic) bond motifs is 3. The molecule has 2 aromatic carbocycles. The maximum Gasteiger partial charge on any atom is 0.271 e. The number of nitrogens with one attached hydrogen (secondary N) is 1. The lowest BCUT2D eigenvalue weighted by atomic mass is 9.77. The molecule has 4 rings (SSSR count). The molecule has 122 valence electrons. The summed E-state index contributed by atoms with van der Waals surface area (Å²) in [6, 6.07) is 9.38. The Morgan fingerprint density at radius 1 is 1.29 bits per heavy atom. The van der Waals surface area contributed by atoms with Gasteiger partial charge >= 0.3 is 0 Å². The highest BCUT2D eigenvalue weighted by molar-refractivity contribution is 6.33. The summed E-state index contributed by atoms with van der Waals surface area (Å²) in [4.78, 5) is 10.7. The van der Waals surface area contributed by atoms with E-state index in [9.17, 15) is 14.5 Å². The molecular weight excluding hydrogens is 331 g/mol. The number of hydrogen-bond donors (Lipinski definition) is 1. The molecule has 0 aromatic heterocycles. The molecule has 0 saturated carbocycles. The van der Waals surface area contributed by atoms with Gasteiger partial charge in [-0.25, -0.2) is 4.39 Å². The van der Waals surface area contributed by atoms with Crippen LogP contribution in [0.3, 0.4) is 0 Å². The molecular formula is C18H14ClFN2O2. The molecule has 0 spiro atoms. The second-order valence-corrected chi connectivity index (χ2v) is 6.59. The van der Waals surface area contributed by atoms with E-state index in [1.54, 1.807) is 12.1 Å². The van der Waals surface area contributed by atoms with Crippen LogP contribution in [0.2, 0.25) is 5.02 Å². The van der Waals surface area contributed by atoms with Crippen molar-refractivity contribution in [1.82, 2.24) is 0 Å². The van der Waals surface area contributed by atoms with Crippen LogP contribution in [0.15, 0.2) is 48.6 Å². The second kappa shape index (κ2) is 5.60. The van der Waals surface area contributed by atoms with Crippen molar-refractivity contribution in [3.63, 3.8) is 0 Å². The summed E-state index contributed by atoms with van der Waals surface area (Å²) >= 11 is 6.30. The van der Waals surface area contributed by atoms with E-state index in [1.165, 1.54) is 18.2 Å². The maximum absolute atomic E-state index is 13.6. The average molecular weight is 345 g/mol. The van der Waals surface area contributed by atoms with Gasteiger partial charge in [-0.05, 0) is 35.6 Å². The monoisotopic (exact) mass is 344 g/mol. The molecule has 6 heteroatoms. The zero-order chi connectivity index (χ0) is 16.8. The predicted molar refractivity (Wildman–Crippen MR) is 90.9 cm³/mol. The molecule has 0 bridgehead atoms. The number of halogens is 2. The maximum atomic E-state index is 13.6. The van der Waals surface area contributed by atoms with Crippen molar-refractivity contribution in [2.24, 2.45) is 5.92 Å². The van der Waals surface area contributed by atoms with E-state index < -0.39 is 4.92 Å². The van der Waals surface area contributed by atoms with Crippen LogP contribution in [-0.2, 0) is 0 Å². The van der Waals surface area contributed by atoms with Gasteiger partial charge in [-0.1, -0.05) is 35.9 Å². The van der Waals surface area contributed by atoms with E-state index in [0.717, 1.165) is 17.5 Å². The van der Waals surface area contributed by atoms with Crippen molar-refractivity contribution in [1.29, 1.82) is 0 Å². The Morgan fingerprint density at radius 2 is 2.12 bits per heavy atom. The van der Waals surface area contributed by atoms with Crippen LogP contribution in [-0.4, -0.2) is 4.92 Å². The number of benzene rings is 2. The summed E-state index contributed by atoms with van der Waals surface area (Å²) in [5, 5.41) is 14.8. The van der Waals surface area contributed by atoms with Gasteiger partial charge in [-0.15, -0.1) is 0 Å². The molecule has 0 unspecified atom stereocenters. The molecule has 4 nitrogen and oxygen atoms in total. The molecule has 1 aliphatic carbocycles. The minimum Gasteiger partial charge on any atom is -0.376 e. The van der Waals surface area contributed by atoms with Crippen LogP contribution >= 0.6 is 11.6 Å². The zero-order valence-corrected chi connectivity index (χ0v) is 13.3. The molecule has 0 amide bonds. The number of anilines is 1. The Kier molecular flexibility index (Phi) is 3.53. The first-order valence-electron chi connectivity index (χ1n) is 7.71. The van der Waals surface area contributed by atoms with Crippen LogP contribution < -0.4 is 5.32 Å². The third-order valence-electron chi connectivity index (χ3n) is 4.82. The molecule has 2 aliphatic rings. The number of nitrogens with zero attached hydrogens (tertiary/aromatic N) is 1. The molecule has 2 aromatic rings. The zero-order valence-electron chi connectivity index (χ0n) is 12.6. The summed E-state index contributed by atoms with van der Waals surface area (Å²) in [5.41, 5.74) is 2.38. The summed E-state index contributed by atoms with van der Waals surface area (Å²) in [5.74, 6) is -0.0679. The highest BCUT2D eigenvalue weighted by Gasteiger charge is 2.39. The average Bonchev–Trinajstić information content (AvgIpc) is 3.04. The van der Waals surface area contributed by atoms with E-state index in [-0.39, 0.29) is 29.4 Å². The summed E-state index contributed by atoms with van der Waals surface area (Å²) in [7, 11) is 0. The van der Waals surface area contributed by atoms with Crippen molar-refractivity contribution in [3.05, 3.63) is 80.6 Å². The molecule has 1 aliphatic heterocycles. The normalized spacial score (nSPS) is 24.2. The Balaban J connectivity index is 1.83. The third kappa shape index (κ3) is 2.36. The largest absolute Gasteiger partial charge is 0.376 e. The van der Waals surface area contributed by atoms with E-state index in [0.29, 0.717) is 10.7 Å². The van der Waals surface area contributed by atoms with E-state index >= 15 is 0 Å². The van der Waals surface area contributed by atoms with Gasteiger partial charge < -0.3 is 5.32 Å². The third-order valence-corrected chi connectivity index (χ3v) is 5.12. The highest BCUT2D eigenvalue weighted by atomic mass is 35.5. The molecule has 1 N–H and O–H groups in total. The Labute approximate surface area is 143 Å². The fourth-order valence-corrected chi connectivity index (χ4v) is 4.05. The molecule has 0 saturated heterocycles. The predicted octanol–water partition coefficient (Wildman–Crippen LogP) is 5.21. The van der Waals surface area contributed by atoms with E-state index in [4.69, 9.17) is 11.6 Å². The first-order chi connectivity index (χ1) is 11.5. The standard InChI is InChI=1S/C18H14ClFN2O2/c19-16-9-12(22(23)24)8-15-13-5-2-6-14(13)17(21-18(15)16)10-3-1-4-11(20)7-10/h1-5,7-9,13-14,17,21H,6H2/t13-,14+,17+/m0/s1. The summed E-state index contributed by atoms with van der Waals surface area (Å²) in [6.45, 7) is 0. The van der Waals surface area contributed by atoms with Gasteiger partial charge in [0.15, 0.2) is 0 Å². The number of hydrogen-bond acceptors (Lipinski definition) is 3. The van der Waals surface area contributed by atoms with Gasteiger partial charge in [0, 0.05) is 18.1 Å². The topological polar surface area (TPSA) is 55.2 Å². The van der Waals surface area contributed by atoms with Gasteiger partial charge in [0.25, 0.3) is 5.69 Å². The van der Waals surface area contributed by atoms with Crippen LogP contribution in [0.25, 0.3) is 0 Å². The van der Waals surface area contributed by atoms with Crippen LogP contribution in [0.5, 0.6) is 0 Å². The van der Waals surface area contributed by atoms with Gasteiger partial charge in [0.1, 0.15) is 5.82 Å². The van der Waals surface area contributed by atoms with Crippen molar-refractivity contribution in [2.75, 3.05) is 5.32 Å². The molecule has 0 radical (unpaired) electrons. The van der Waals surface area contributed by atoms with Crippen molar-refractivity contribution in [3.8, 4) is 0 Å². The van der Waals surface area contributed by atoms with Gasteiger partial charge in [0.05, 0.1) is 21.7 Å². The minimum absolute atomic E-state index is 0.0104.